The Hall–Kier alpha value is -3.40. The fourth-order valence-corrected chi connectivity index (χ4v) is 3.44. The van der Waals surface area contributed by atoms with E-state index in [1.165, 1.54) is 23.3 Å². The fourth-order valence-electron chi connectivity index (χ4n) is 3.44. The molecule has 0 fully saturated rings. The molecule has 29 heavy (non-hydrogen) atoms. The van der Waals surface area contributed by atoms with Crippen LogP contribution >= 0.6 is 0 Å². The lowest BCUT2D eigenvalue weighted by molar-refractivity contribution is -0.112. The number of anilines is 1. The maximum absolute atomic E-state index is 12.5. The normalized spacial score (nSPS) is 18.7. The number of allylic oxidation sites excluding steroid dienone is 5. The summed E-state index contributed by atoms with van der Waals surface area (Å²) in [7, 11) is 0. The highest BCUT2D eigenvalue weighted by Crippen LogP contribution is 2.40. The average molecular weight is 387 g/mol. The van der Waals surface area contributed by atoms with Crippen molar-refractivity contribution in [3.05, 3.63) is 96.1 Å². The standard InChI is InChI=1S/C25H25NO3/c1-18(2)25(15-12-20(13-16-25)19-8-4-3-5-9-19)17-14-23(27)26-22-11-7-6-10-21(22)24(28)29/h3-15,17-18H,16H2,1-2H3,(H,26,27)(H,28,29)/b17-14+. The van der Waals surface area contributed by atoms with Gasteiger partial charge in [-0.2, -0.15) is 0 Å². The topological polar surface area (TPSA) is 66.4 Å². The van der Waals surface area contributed by atoms with Crippen LogP contribution in [0.5, 0.6) is 0 Å². The van der Waals surface area contributed by atoms with E-state index in [9.17, 15) is 14.7 Å². The minimum atomic E-state index is -1.07. The smallest absolute Gasteiger partial charge is 0.337 e. The maximum Gasteiger partial charge on any atom is 0.337 e. The van der Waals surface area contributed by atoms with Crippen LogP contribution in [0.2, 0.25) is 0 Å². The Morgan fingerprint density at radius 2 is 1.76 bits per heavy atom. The number of carboxylic acids is 1. The summed E-state index contributed by atoms with van der Waals surface area (Å²) in [5, 5.41) is 11.9. The van der Waals surface area contributed by atoms with Crippen molar-refractivity contribution in [3.8, 4) is 0 Å². The molecule has 3 rings (SSSR count). The van der Waals surface area contributed by atoms with Crippen molar-refractivity contribution >= 4 is 23.1 Å². The predicted octanol–water partition coefficient (Wildman–Crippen LogP) is 5.57. The van der Waals surface area contributed by atoms with E-state index in [4.69, 9.17) is 0 Å². The molecule has 0 saturated heterocycles. The molecule has 0 radical (unpaired) electrons. The molecule has 2 aromatic rings. The molecule has 1 unspecified atom stereocenters. The second-order valence-corrected chi connectivity index (χ2v) is 7.50. The molecule has 0 saturated carbocycles. The molecule has 1 aliphatic carbocycles. The van der Waals surface area contributed by atoms with E-state index < -0.39 is 5.97 Å². The number of benzene rings is 2. The van der Waals surface area contributed by atoms with Gasteiger partial charge in [0.05, 0.1) is 11.3 Å². The van der Waals surface area contributed by atoms with Gasteiger partial charge in [-0.15, -0.1) is 0 Å². The largest absolute Gasteiger partial charge is 0.478 e. The van der Waals surface area contributed by atoms with Crippen LogP contribution in [-0.4, -0.2) is 17.0 Å². The zero-order valence-electron chi connectivity index (χ0n) is 16.6. The summed E-state index contributed by atoms with van der Waals surface area (Å²) in [5.74, 6) is -1.12. The van der Waals surface area contributed by atoms with E-state index in [1.54, 1.807) is 18.2 Å². The number of amides is 1. The van der Waals surface area contributed by atoms with Crippen LogP contribution in [0.25, 0.3) is 5.57 Å². The van der Waals surface area contributed by atoms with Crippen molar-refractivity contribution < 1.29 is 14.7 Å². The second-order valence-electron chi connectivity index (χ2n) is 7.50. The van der Waals surface area contributed by atoms with E-state index in [-0.39, 0.29) is 16.9 Å². The fraction of sp³-hybridized carbons (Fsp3) is 0.200. The number of carbonyl (C=O) groups excluding carboxylic acids is 1. The first-order chi connectivity index (χ1) is 13.9. The van der Waals surface area contributed by atoms with E-state index >= 15 is 0 Å². The van der Waals surface area contributed by atoms with Gasteiger partial charge in [-0.3, -0.25) is 4.79 Å². The third kappa shape index (κ3) is 4.72. The molecule has 1 atom stereocenters. The lowest BCUT2D eigenvalue weighted by Crippen LogP contribution is -2.24. The molecule has 0 bridgehead atoms. The van der Waals surface area contributed by atoms with Crippen LogP contribution < -0.4 is 5.32 Å². The number of carboxylic acid groups (broad SMARTS) is 1. The third-order valence-corrected chi connectivity index (χ3v) is 5.39. The summed E-state index contributed by atoms with van der Waals surface area (Å²) in [6.07, 6.45) is 10.7. The van der Waals surface area contributed by atoms with Gasteiger partial charge in [0.15, 0.2) is 0 Å². The Balaban J connectivity index is 1.76. The first-order valence-corrected chi connectivity index (χ1v) is 9.69. The van der Waals surface area contributed by atoms with Crippen LogP contribution in [0.3, 0.4) is 0 Å². The molecule has 0 aromatic heterocycles. The highest BCUT2D eigenvalue weighted by molar-refractivity contribution is 6.04. The summed E-state index contributed by atoms with van der Waals surface area (Å²) >= 11 is 0. The van der Waals surface area contributed by atoms with E-state index in [2.05, 4.69) is 49.5 Å². The van der Waals surface area contributed by atoms with Crippen molar-refractivity contribution in [1.82, 2.24) is 0 Å². The number of para-hydroxylation sites is 1. The van der Waals surface area contributed by atoms with Gasteiger partial charge in [-0.25, -0.2) is 4.79 Å². The number of hydrogen-bond donors (Lipinski definition) is 2. The molecule has 4 nitrogen and oxygen atoms in total. The van der Waals surface area contributed by atoms with Crippen molar-refractivity contribution in [2.24, 2.45) is 11.3 Å². The first-order valence-electron chi connectivity index (χ1n) is 9.69. The minimum Gasteiger partial charge on any atom is -0.478 e. The molecule has 148 valence electrons. The van der Waals surface area contributed by atoms with Crippen LogP contribution in [0.4, 0.5) is 5.69 Å². The quantitative estimate of drug-likeness (QED) is 0.637. The lowest BCUT2D eigenvalue weighted by Gasteiger charge is -2.33. The SMILES string of the molecule is CC(C)C1(/C=C/C(=O)Nc2ccccc2C(=O)O)C=CC(c2ccccc2)=CC1. The Bertz CT molecular complexity index is 986. The van der Waals surface area contributed by atoms with Gasteiger partial charge in [0, 0.05) is 11.5 Å². The van der Waals surface area contributed by atoms with Crippen LogP contribution in [-0.2, 0) is 4.79 Å². The van der Waals surface area contributed by atoms with Gasteiger partial charge in [-0.05, 0) is 35.6 Å². The van der Waals surface area contributed by atoms with Gasteiger partial charge >= 0.3 is 5.97 Å². The summed E-state index contributed by atoms with van der Waals surface area (Å²) in [4.78, 5) is 23.8. The molecular weight excluding hydrogens is 362 g/mol. The Morgan fingerprint density at radius 1 is 1.07 bits per heavy atom. The number of hydrogen-bond acceptors (Lipinski definition) is 2. The molecule has 1 aliphatic rings. The second kappa shape index (κ2) is 8.74. The molecule has 2 N–H and O–H groups in total. The van der Waals surface area contributed by atoms with Crippen molar-refractivity contribution in [1.29, 1.82) is 0 Å². The minimum absolute atomic E-state index is 0.0702. The van der Waals surface area contributed by atoms with E-state index in [0.29, 0.717) is 11.6 Å². The molecule has 1 amide bonds. The van der Waals surface area contributed by atoms with Gasteiger partial charge in [0.1, 0.15) is 0 Å². The van der Waals surface area contributed by atoms with Gasteiger partial charge in [0.25, 0.3) is 0 Å². The van der Waals surface area contributed by atoms with Crippen molar-refractivity contribution in [2.45, 2.75) is 20.3 Å². The van der Waals surface area contributed by atoms with E-state index in [0.717, 1.165) is 6.42 Å². The zero-order valence-corrected chi connectivity index (χ0v) is 16.6. The number of nitrogens with one attached hydrogen (secondary N) is 1. The Kier molecular flexibility index (Phi) is 6.13. The van der Waals surface area contributed by atoms with Gasteiger partial charge < -0.3 is 10.4 Å². The molecule has 0 aliphatic heterocycles. The lowest BCUT2D eigenvalue weighted by atomic mass is 9.71. The predicted molar refractivity (Wildman–Crippen MR) is 117 cm³/mol. The number of carbonyl (C=O) groups is 2. The van der Waals surface area contributed by atoms with Gasteiger partial charge in [-0.1, -0.05) is 80.6 Å². The molecule has 4 heteroatoms. The number of aromatic carboxylic acids is 1. The highest BCUT2D eigenvalue weighted by atomic mass is 16.4. The Morgan fingerprint density at radius 3 is 2.38 bits per heavy atom. The van der Waals surface area contributed by atoms with E-state index in [1.807, 2.05) is 24.3 Å². The monoisotopic (exact) mass is 387 g/mol. The number of rotatable bonds is 6. The summed E-state index contributed by atoms with van der Waals surface area (Å²) in [6, 6.07) is 16.6. The first kappa shape index (κ1) is 20.3. The zero-order chi connectivity index (χ0) is 20.9. The molecule has 0 spiro atoms. The van der Waals surface area contributed by atoms with Crippen LogP contribution in [0.1, 0.15) is 36.2 Å². The van der Waals surface area contributed by atoms with Crippen LogP contribution in [0.15, 0.2) is 85.0 Å². The molecular formula is C25H25NO3. The van der Waals surface area contributed by atoms with Crippen molar-refractivity contribution in [3.63, 3.8) is 0 Å². The molecule has 0 heterocycles. The maximum atomic E-state index is 12.5. The van der Waals surface area contributed by atoms with Crippen molar-refractivity contribution in [2.75, 3.05) is 5.32 Å². The summed E-state index contributed by atoms with van der Waals surface area (Å²) < 4.78 is 0. The average Bonchev–Trinajstić information content (AvgIpc) is 2.73. The Labute approximate surface area is 171 Å². The summed E-state index contributed by atoms with van der Waals surface area (Å²) in [6.45, 7) is 4.27. The molecule has 2 aromatic carbocycles. The van der Waals surface area contributed by atoms with Gasteiger partial charge in [0.2, 0.25) is 5.91 Å². The van der Waals surface area contributed by atoms with Crippen LogP contribution in [0, 0.1) is 11.3 Å². The third-order valence-electron chi connectivity index (χ3n) is 5.39. The summed E-state index contributed by atoms with van der Waals surface area (Å²) in [5.41, 5.74) is 2.45. The highest BCUT2D eigenvalue weighted by Gasteiger charge is 2.29.